The lowest BCUT2D eigenvalue weighted by atomic mass is 9.91. The molecule has 2 amide bonds. The number of halogens is 1. The minimum Gasteiger partial charge on any atom is -0.366 e. The Bertz CT molecular complexity index is 792. The Kier molecular flexibility index (Phi) is 4.72. The van der Waals surface area contributed by atoms with Crippen molar-refractivity contribution in [2.45, 2.75) is 57.2 Å². The van der Waals surface area contributed by atoms with E-state index in [0.717, 1.165) is 44.8 Å². The number of fused-ring (bicyclic) bond motifs is 1. The van der Waals surface area contributed by atoms with Crippen LogP contribution in [0.25, 0.3) is 0 Å². The summed E-state index contributed by atoms with van der Waals surface area (Å²) in [6.07, 6.45) is 4.90. The SMILES string of the molecule is NC(=O)c1cc(F)cc2c1C(=O)N(C1CCN(C3CCC(=O)CC3)CC1)C2. The summed E-state index contributed by atoms with van der Waals surface area (Å²) in [5.74, 6) is -1.18. The molecule has 0 radical (unpaired) electrons. The molecule has 0 unspecified atom stereocenters. The predicted octanol–water partition coefficient (Wildman–Crippen LogP) is 1.86. The van der Waals surface area contributed by atoms with Gasteiger partial charge in [-0.15, -0.1) is 0 Å². The van der Waals surface area contributed by atoms with Crippen LogP contribution in [-0.2, 0) is 11.3 Å². The summed E-state index contributed by atoms with van der Waals surface area (Å²) in [7, 11) is 0. The van der Waals surface area contributed by atoms with Crippen LogP contribution in [-0.4, -0.2) is 52.6 Å². The van der Waals surface area contributed by atoms with E-state index in [2.05, 4.69) is 4.90 Å². The second kappa shape index (κ2) is 7.03. The van der Waals surface area contributed by atoms with Gasteiger partial charge < -0.3 is 15.5 Å². The van der Waals surface area contributed by atoms with Crippen molar-refractivity contribution < 1.29 is 18.8 Å². The summed E-state index contributed by atoms with van der Waals surface area (Å²) in [6.45, 7) is 2.11. The highest BCUT2D eigenvalue weighted by Gasteiger charge is 2.38. The molecule has 2 N–H and O–H groups in total. The molecule has 6 nitrogen and oxygen atoms in total. The molecule has 2 fully saturated rings. The van der Waals surface area contributed by atoms with E-state index in [1.165, 1.54) is 6.07 Å². The molecule has 1 aromatic rings. The molecule has 1 saturated carbocycles. The maximum atomic E-state index is 13.8. The molecule has 2 aliphatic heterocycles. The van der Waals surface area contributed by atoms with E-state index in [9.17, 15) is 18.8 Å². The number of benzene rings is 1. The molecule has 0 atom stereocenters. The number of hydrogen-bond donors (Lipinski definition) is 1. The molecule has 2 heterocycles. The highest BCUT2D eigenvalue weighted by Crippen LogP contribution is 2.32. The van der Waals surface area contributed by atoms with Crippen molar-refractivity contribution in [2.75, 3.05) is 13.1 Å². The molecule has 0 bridgehead atoms. The van der Waals surface area contributed by atoms with Crippen LogP contribution in [0.1, 0.15) is 64.8 Å². The molecule has 3 aliphatic rings. The maximum Gasteiger partial charge on any atom is 0.255 e. The topological polar surface area (TPSA) is 83.7 Å². The zero-order valence-electron chi connectivity index (χ0n) is 15.2. The van der Waals surface area contributed by atoms with Gasteiger partial charge in [-0.3, -0.25) is 14.4 Å². The third-order valence-electron chi connectivity index (χ3n) is 6.23. The second-order valence-electron chi connectivity index (χ2n) is 7.82. The van der Waals surface area contributed by atoms with Crippen LogP contribution in [0.5, 0.6) is 0 Å². The third kappa shape index (κ3) is 3.36. The number of piperidine rings is 1. The van der Waals surface area contributed by atoms with E-state index >= 15 is 0 Å². The van der Waals surface area contributed by atoms with Crippen molar-refractivity contribution in [3.63, 3.8) is 0 Å². The normalized spacial score (nSPS) is 22.3. The number of nitrogens with two attached hydrogens (primary N) is 1. The molecule has 27 heavy (non-hydrogen) atoms. The molecule has 1 aromatic carbocycles. The lowest BCUT2D eigenvalue weighted by Crippen LogP contribution is -2.49. The number of amides is 2. The predicted molar refractivity (Wildman–Crippen MR) is 96.6 cm³/mol. The molecule has 1 aliphatic carbocycles. The van der Waals surface area contributed by atoms with Crippen molar-refractivity contribution in [3.05, 3.63) is 34.6 Å². The Labute approximate surface area is 157 Å². The number of carbonyl (C=O) groups is 3. The molecular weight excluding hydrogens is 349 g/mol. The van der Waals surface area contributed by atoms with Gasteiger partial charge in [0.2, 0.25) is 5.91 Å². The fourth-order valence-electron chi connectivity index (χ4n) is 4.78. The molecule has 4 rings (SSSR count). The van der Waals surface area contributed by atoms with E-state index in [1.54, 1.807) is 4.90 Å². The van der Waals surface area contributed by atoms with Crippen LogP contribution in [0.3, 0.4) is 0 Å². The van der Waals surface area contributed by atoms with Gasteiger partial charge >= 0.3 is 0 Å². The number of hydrogen-bond acceptors (Lipinski definition) is 4. The first-order valence-corrected chi connectivity index (χ1v) is 9.63. The number of nitrogens with zero attached hydrogens (tertiary/aromatic N) is 2. The van der Waals surface area contributed by atoms with Crippen LogP contribution in [0, 0.1) is 5.82 Å². The summed E-state index contributed by atoms with van der Waals surface area (Å²) in [5.41, 5.74) is 6.12. The molecule has 7 heteroatoms. The van der Waals surface area contributed by atoms with E-state index in [4.69, 9.17) is 5.73 Å². The number of ketones is 1. The van der Waals surface area contributed by atoms with Crippen LogP contribution < -0.4 is 5.73 Å². The number of likely N-dealkylation sites (tertiary alicyclic amines) is 1. The van der Waals surface area contributed by atoms with Gasteiger partial charge in [0.1, 0.15) is 11.6 Å². The molecule has 0 aromatic heterocycles. The Morgan fingerprint density at radius 3 is 2.33 bits per heavy atom. The average Bonchev–Trinajstić information content (AvgIpc) is 2.98. The van der Waals surface area contributed by atoms with E-state index in [1.807, 2.05) is 0 Å². The van der Waals surface area contributed by atoms with Crippen molar-refractivity contribution in [1.82, 2.24) is 9.80 Å². The lowest BCUT2D eigenvalue weighted by Gasteiger charge is -2.41. The molecule has 144 valence electrons. The van der Waals surface area contributed by atoms with E-state index in [-0.39, 0.29) is 23.1 Å². The van der Waals surface area contributed by atoms with Gasteiger partial charge in [0.15, 0.2) is 0 Å². The zero-order valence-corrected chi connectivity index (χ0v) is 15.2. The van der Waals surface area contributed by atoms with Crippen LogP contribution in [0.4, 0.5) is 4.39 Å². The summed E-state index contributed by atoms with van der Waals surface area (Å²) in [4.78, 5) is 40.2. The van der Waals surface area contributed by atoms with Crippen molar-refractivity contribution in [2.24, 2.45) is 5.73 Å². The Balaban J connectivity index is 1.44. The number of carbonyl (C=O) groups excluding carboxylic acids is 3. The number of Topliss-reactive ketones (excluding diaryl/α,β-unsaturated/α-hetero) is 1. The van der Waals surface area contributed by atoms with Crippen LogP contribution >= 0.6 is 0 Å². The van der Waals surface area contributed by atoms with Gasteiger partial charge in [-0.25, -0.2) is 4.39 Å². The molecule has 1 saturated heterocycles. The van der Waals surface area contributed by atoms with Crippen molar-refractivity contribution in [3.8, 4) is 0 Å². The Hall–Kier alpha value is -2.28. The van der Waals surface area contributed by atoms with Crippen molar-refractivity contribution >= 4 is 17.6 Å². The van der Waals surface area contributed by atoms with Gasteiger partial charge in [-0.05, 0) is 43.4 Å². The summed E-state index contributed by atoms with van der Waals surface area (Å²) < 4.78 is 13.8. The second-order valence-corrected chi connectivity index (χ2v) is 7.82. The van der Waals surface area contributed by atoms with Gasteiger partial charge in [0.25, 0.3) is 5.91 Å². The minimum atomic E-state index is -0.775. The van der Waals surface area contributed by atoms with Gasteiger partial charge in [-0.1, -0.05) is 0 Å². The number of primary amides is 1. The zero-order chi connectivity index (χ0) is 19.1. The summed E-state index contributed by atoms with van der Waals surface area (Å²) in [6, 6.07) is 2.92. The highest BCUT2D eigenvalue weighted by molar-refractivity contribution is 6.09. The Morgan fingerprint density at radius 2 is 1.70 bits per heavy atom. The average molecular weight is 373 g/mol. The first-order valence-electron chi connectivity index (χ1n) is 9.63. The Morgan fingerprint density at radius 1 is 1.04 bits per heavy atom. The minimum absolute atomic E-state index is 0.0261. The summed E-state index contributed by atoms with van der Waals surface area (Å²) in [5, 5.41) is 0. The monoisotopic (exact) mass is 373 g/mol. The van der Waals surface area contributed by atoms with Gasteiger partial charge in [0, 0.05) is 44.6 Å². The van der Waals surface area contributed by atoms with Crippen LogP contribution in [0.2, 0.25) is 0 Å². The first kappa shape index (κ1) is 18.1. The molecular formula is C20H24FN3O3. The van der Waals surface area contributed by atoms with Crippen LogP contribution in [0.15, 0.2) is 12.1 Å². The summed E-state index contributed by atoms with van der Waals surface area (Å²) >= 11 is 0. The largest absolute Gasteiger partial charge is 0.366 e. The fourth-order valence-corrected chi connectivity index (χ4v) is 4.78. The highest BCUT2D eigenvalue weighted by atomic mass is 19.1. The van der Waals surface area contributed by atoms with Crippen molar-refractivity contribution in [1.29, 1.82) is 0 Å². The number of rotatable bonds is 3. The first-order chi connectivity index (χ1) is 12.9. The maximum absolute atomic E-state index is 13.8. The van der Waals surface area contributed by atoms with E-state index < -0.39 is 11.7 Å². The fraction of sp³-hybridized carbons (Fsp3) is 0.550. The quantitative estimate of drug-likeness (QED) is 0.877. The smallest absolute Gasteiger partial charge is 0.255 e. The van der Waals surface area contributed by atoms with Gasteiger partial charge in [0.05, 0.1) is 11.1 Å². The third-order valence-corrected chi connectivity index (χ3v) is 6.23. The standard InChI is InChI=1S/C20H24FN3O3/c21-13-9-12-11-24(20(27)18(12)17(10-13)19(22)26)15-5-7-23(8-6-15)14-1-3-16(25)4-2-14/h9-10,14-15H,1-8,11H2,(H2,22,26). The van der Waals surface area contributed by atoms with Gasteiger partial charge in [-0.2, -0.15) is 0 Å². The van der Waals surface area contributed by atoms with E-state index in [0.29, 0.717) is 36.8 Å². The lowest BCUT2D eigenvalue weighted by molar-refractivity contribution is -0.121. The molecule has 0 spiro atoms.